The second kappa shape index (κ2) is 7.41. The fourth-order valence-corrected chi connectivity index (χ4v) is 1.94. The number of ether oxygens (including phenoxy) is 2. The minimum Gasteiger partial charge on any atom is -0.379 e. The molecule has 15 heavy (non-hydrogen) atoms. The van der Waals surface area contributed by atoms with E-state index in [2.05, 4.69) is 10.2 Å². The predicted molar refractivity (Wildman–Crippen MR) is 61.7 cm³/mol. The Labute approximate surface area is 97.7 Å². The van der Waals surface area contributed by atoms with Gasteiger partial charge in [-0.15, -0.1) is 12.4 Å². The van der Waals surface area contributed by atoms with Gasteiger partial charge in [0, 0.05) is 26.2 Å². The number of hydrogen-bond acceptors (Lipinski definition) is 4. The summed E-state index contributed by atoms with van der Waals surface area (Å²) in [6, 6.07) is 0. The molecule has 2 aliphatic heterocycles. The van der Waals surface area contributed by atoms with Gasteiger partial charge in [-0.1, -0.05) is 0 Å². The van der Waals surface area contributed by atoms with E-state index in [0.29, 0.717) is 6.10 Å². The number of morpholine rings is 1. The third kappa shape index (κ3) is 4.66. The van der Waals surface area contributed by atoms with Crippen molar-refractivity contribution in [1.29, 1.82) is 0 Å². The molecule has 90 valence electrons. The van der Waals surface area contributed by atoms with Crippen molar-refractivity contribution in [2.45, 2.75) is 12.5 Å². The van der Waals surface area contributed by atoms with Crippen LogP contribution in [0.4, 0.5) is 0 Å². The van der Waals surface area contributed by atoms with E-state index < -0.39 is 0 Å². The van der Waals surface area contributed by atoms with Gasteiger partial charge in [-0.3, -0.25) is 4.90 Å². The fraction of sp³-hybridized carbons (Fsp3) is 1.00. The van der Waals surface area contributed by atoms with Gasteiger partial charge >= 0.3 is 0 Å². The lowest BCUT2D eigenvalue weighted by Gasteiger charge is -2.26. The topological polar surface area (TPSA) is 33.7 Å². The van der Waals surface area contributed by atoms with Crippen molar-refractivity contribution in [3.05, 3.63) is 0 Å². The van der Waals surface area contributed by atoms with Crippen molar-refractivity contribution in [3.63, 3.8) is 0 Å². The first-order valence-corrected chi connectivity index (χ1v) is 5.57. The molecule has 0 amide bonds. The lowest BCUT2D eigenvalue weighted by molar-refractivity contribution is 0.00638. The maximum atomic E-state index is 5.76. The van der Waals surface area contributed by atoms with Gasteiger partial charge in [0.2, 0.25) is 0 Å². The molecule has 0 radical (unpaired) electrons. The van der Waals surface area contributed by atoms with Crippen molar-refractivity contribution in [3.8, 4) is 0 Å². The highest BCUT2D eigenvalue weighted by molar-refractivity contribution is 5.85. The Morgan fingerprint density at radius 2 is 2.13 bits per heavy atom. The van der Waals surface area contributed by atoms with Gasteiger partial charge in [-0.05, 0) is 13.0 Å². The van der Waals surface area contributed by atoms with Crippen molar-refractivity contribution >= 4 is 12.4 Å². The molecule has 2 aliphatic rings. The zero-order valence-electron chi connectivity index (χ0n) is 9.11. The van der Waals surface area contributed by atoms with E-state index in [1.165, 1.54) is 6.42 Å². The summed E-state index contributed by atoms with van der Waals surface area (Å²) in [7, 11) is 0. The Morgan fingerprint density at radius 1 is 1.33 bits per heavy atom. The van der Waals surface area contributed by atoms with E-state index in [0.717, 1.165) is 52.5 Å². The molecule has 2 saturated heterocycles. The Hall–Kier alpha value is 0.130. The van der Waals surface area contributed by atoms with Crippen LogP contribution in [0, 0.1) is 0 Å². The standard InChI is InChI=1S/C10H20N2O2.ClH/c1-2-11-9-10(1)14-8-5-12-3-6-13-7-4-12;/h10-11H,1-9H2;1H. The summed E-state index contributed by atoms with van der Waals surface area (Å²) in [6.45, 7) is 7.95. The van der Waals surface area contributed by atoms with Gasteiger partial charge in [0.05, 0.1) is 25.9 Å². The van der Waals surface area contributed by atoms with E-state index in [9.17, 15) is 0 Å². The number of hydrogen-bond donors (Lipinski definition) is 1. The quantitative estimate of drug-likeness (QED) is 0.752. The van der Waals surface area contributed by atoms with Gasteiger partial charge in [0.25, 0.3) is 0 Å². The van der Waals surface area contributed by atoms with Crippen LogP contribution in [-0.4, -0.2) is 63.5 Å². The Morgan fingerprint density at radius 3 is 2.80 bits per heavy atom. The zero-order valence-corrected chi connectivity index (χ0v) is 9.93. The Balaban J connectivity index is 0.00000112. The molecular weight excluding hydrogens is 216 g/mol. The molecule has 5 heteroatoms. The molecule has 1 unspecified atom stereocenters. The molecular formula is C10H21ClN2O2. The van der Waals surface area contributed by atoms with Crippen LogP contribution in [0.1, 0.15) is 6.42 Å². The first-order valence-electron chi connectivity index (χ1n) is 5.57. The SMILES string of the molecule is C1CC(OCCN2CCOCC2)CN1.Cl. The van der Waals surface area contributed by atoms with Crippen molar-refractivity contribution < 1.29 is 9.47 Å². The molecule has 1 N–H and O–H groups in total. The largest absolute Gasteiger partial charge is 0.379 e. The average Bonchev–Trinajstić information content (AvgIpc) is 2.72. The summed E-state index contributed by atoms with van der Waals surface area (Å²) < 4.78 is 11.0. The molecule has 0 aromatic heterocycles. The maximum absolute atomic E-state index is 5.76. The molecule has 0 aromatic carbocycles. The molecule has 0 bridgehead atoms. The third-order valence-electron chi connectivity index (χ3n) is 2.88. The highest BCUT2D eigenvalue weighted by Gasteiger charge is 2.15. The van der Waals surface area contributed by atoms with E-state index in [1.807, 2.05) is 0 Å². The summed E-state index contributed by atoms with van der Waals surface area (Å²) in [4.78, 5) is 2.41. The summed E-state index contributed by atoms with van der Waals surface area (Å²) >= 11 is 0. The molecule has 1 atom stereocenters. The molecule has 0 aromatic rings. The van der Waals surface area contributed by atoms with E-state index in [4.69, 9.17) is 9.47 Å². The normalized spacial score (nSPS) is 27.6. The molecule has 0 aliphatic carbocycles. The highest BCUT2D eigenvalue weighted by atomic mass is 35.5. The summed E-state index contributed by atoms with van der Waals surface area (Å²) in [6.07, 6.45) is 1.62. The van der Waals surface area contributed by atoms with Crippen LogP contribution < -0.4 is 5.32 Å². The first-order chi connectivity index (χ1) is 6.95. The van der Waals surface area contributed by atoms with Crippen molar-refractivity contribution in [2.24, 2.45) is 0 Å². The number of rotatable bonds is 4. The molecule has 0 spiro atoms. The number of halogens is 1. The van der Waals surface area contributed by atoms with Crippen LogP contribution in [-0.2, 0) is 9.47 Å². The Bertz CT molecular complexity index is 160. The number of nitrogens with one attached hydrogen (secondary N) is 1. The lowest BCUT2D eigenvalue weighted by Crippen LogP contribution is -2.38. The van der Waals surface area contributed by atoms with Gasteiger partial charge in [-0.2, -0.15) is 0 Å². The van der Waals surface area contributed by atoms with Gasteiger partial charge < -0.3 is 14.8 Å². The minimum atomic E-state index is 0. The summed E-state index contributed by atoms with van der Waals surface area (Å²) in [5.74, 6) is 0. The Kier molecular flexibility index (Phi) is 6.52. The maximum Gasteiger partial charge on any atom is 0.0712 e. The second-order valence-electron chi connectivity index (χ2n) is 3.94. The monoisotopic (exact) mass is 236 g/mol. The van der Waals surface area contributed by atoms with Gasteiger partial charge in [0.1, 0.15) is 0 Å². The van der Waals surface area contributed by atoms with E-state index in [-0.39, 0.29) is 12.4 Å². The van der Waals surface area contributed by atoms with Crippen LogP contribution in [0.25, 0.3) is 0 Å². The molecule has 2 rings (SSSR count). The van der Waals surface area contributed by atoms with Crippen molar-refractivity contribution in [2.75, 3.05) is 52.5 Å². The zero-order chi connectivity index (χ0) is 9.64. The molecule has 2 fully saturated rings. The van der Waals surface area contributed by atoms with E-state index >= 15 is 0 Å². The second-order valence-corrected chi connectivity index (χ2v) is 3.94. The van der Waals surface area contributed by atoms with Crippen LogP contribution >= 0.6 is 12.4 Å². The lowest BCUT2D eigenvalue weighted by atomic mass is 10.3. The molecule has 0 saturated carbocycles. The predicted octanol–water partition coefficient (Wildman–Crippen LogP) is 0.119. The average molecular weight is 237 g/mol. The minimum absolute atomic E-state index is 0. The number of nitrogens with zero attached hydrogens (tertiary/aromatic N) is 1. The van der Waals surface area contributed by atoms with Gasteiger partial charge in [-0.25, -0.2) is 0 Å². The molecule has 2 heterocycles. The third-order valence-corrected chi connectivity index (χ3v) is 2.88. The smallest absolute Gasteiger partial charge is 0.0712 e. The van der Waals surface area contributed by atoms with Gasteiger partial charge in [0.15, 0.2) is 0 Å². The highest BCUT2D eigenvalue weighted by Crippen LogP contribution is 2.03. The van der Waals surface area contributed by atoms with Crippen LogP contribution in [0.15, 0.2) is 0 Å². The summed E-state index contributed by atoms with van der Waals surface area (Å²) in [5.41, 5.74) is 0. The first kappa shape index (κ1) is 13.2. The van der Waals surface area contributed by atoms with Crippen LogP contribution in [0.3, 0.4) is 0 Å². The van der Waals surface area contributed by atoms with Crippen molar-refractivity contribution in [1.82, 2.24) is 10.2 Å². The van der Waals surface area contributed by atoms with Crippen LogP contribution in [0.5, 0.6) is 0 Å². The fourth-order valence-electron chi connectivity index (χ4n) is 1.94. The van der Waals surface area contributed by atoms with Crippen LogP contribution in [0.2, 0.25) is 0 Å². The van der Waals surface area contributed by atoms with E-state index in [1.54, 1.807) is 0 Å². The summed E-state index contributed by atoms with van der Waals surface area (Å²) in [5, 5.41) is 3.30. The molecule has 4 nitrogen and oxygen atoms in total.